The first-order chi connectivity index (χ1) is 13.4. The highest BCUT2D eigenvalue weighted by Gasteiger charge is 2.36. The lowest BCUT2D eigenvalue weighted by Crippen LogP contribution is -2.34. The minimum atomic E-state index is -0.244. The van der Waals surface area contributed by atoms with Gasteiger partial charge in [0.05, 0.1) is 4.91 Å². The van der Waals surface area contributed by atoms with Crippen LogP contribution in [0.3, 0.4) is 0 Å². The molecule has 2 heterocycles. The van der Waals surface area contributed by atoms with E-state index < -0.39 is 0 Å². The van der Waals surface area contributed by atoms with Gasteiger partial charge in [0, 0.05) is 29.7 Å². The van der Waals surface area contributed by atoms with E-state index in [4.69, 9.17) is 0 Å². The van der Waals surface area contributed by atoms with E-state index in [1.165, 1.54) is 17.0 Å². The summed E-state index contributed by atoms with van der Waals surface area (Å²) in [5.74, 6) is -0.486. The number of carbonyl (C=O) groups excluding carboxylic acids is 2. The predicted octanol–water partition coefficient (Wildman–Crippen LogP) is 5.27. The maximum Gasteiger partial charge on any atom is 0.293 e. The van der Waals surface area contributed by atoms with Crippen LogP contribution >= 0.6 is 11.8 Å². The van der Waals surface area contributed by atoms with Crippen molar-refractivity contribution < 1.29 is 14.0 Å². The van der Waals surface area contributed by atoms with E-state index in [1.54, 1.807) is 12.1 Å². The Bertz CT molecular complexity index is 1120. The van der Waals surface area contributed by atoms with Crippen molar-refractivity contribution in [2.24, 2.45) is 0 Å². The van der Waals surface area contributed by atoms with Crippen LogP contribution in [0.5, 0.6) is 0 Å². The van der Waals surface area contributed by atoms with E-state index >= 15 is 0 Å². The average Bonchev–Trinajstić information content (AvgIpc) is 3.15. The lowest BCUT2D eigenvalue weighted by Gasteiger charge is -2.16. The van der Waals surface area contributed by atoms with Gasteiger partial charge in [-0.1, -0.05) is 18.2 Å². The first kappa shape index (κ1) is 18.5. The van der Waals surface area contributed by atoms with E-state index in [0.717, 1.165) is 33.8 Å². The van der Waals surface area contributed by atoms with Crippen LogP contribution in [0.1, 0.15) is 25.0 Å². The SMILES string of the molecule is CC(C)N1C(=O)S/C(=C/c2ccc3c(ccn3Cc3cccc(F)c3)c2)C1=O. The molecule has 0 atom stereocenters. The molecule has 2 amide bonds. The molecule has 1 aromatic heterocycles. The molecule has 4 nitrogen and oxygen atoms in total. The molecule has 0 unspecified atom stereocenters. The second-order valence-electron chi connectivity index (χ2n) is 7.04. The van der Waals surface area contributed by atoms with Crippen molar-refractivity contribution in [1.82, 2.24) is 9.47 Å². The van der Waals surface area contributed by atoms with Gasteiger partial charge in [0.15, 0.2) is 0 Å². The van der Waals surface area contributed by atoms with E-state index in [9.17, 15) is 14.0 Å². The fourth-order valence-corrected chi connectivity index (χ4v) is 4.32. The van der Waals surface area contributed by atoms with Crippen molar-refractivity contribution in [2.75, 3.05) is 0 Å². The number of imide groups is 1. The third-order valence-electron chi connectivity index (χ3n) is 4.67. The van der Waals surface area contributed by atoms with Crippen molar-refractivity contribution in [3.63, 3.8) is 0 Å². The predicted molar refractivity (Wildman–Crippen MR) is 110 cm³/mol. The van der Waals surface area contributed by atoms with Crippen LogP contribution in [0.25, 0.3) is 17.0 Å². The molecule has 2 aromatic carbocycles. The Balaban J connectivity index is 1.61. The van der Waals surface area contributed by atoms with Crippen molar-refractivity contribution >= 4 is 39.9 Å². The number of thioether (sulfide) groups is 1. The monoisotopic (exact) mass is 394 g/mol. The van der Waals surface area contributed by atoms with Gasteiger partial charge < -0.3 is 4.57 Å². The van der Waals surface area contributed by atoms with Gasteiger partial charge in [-0.2, -0.15) is 0 Å². The number of rotatable bonds is 4. The van der Waals surface area contributed by atoms with Crippen LogP contribution in [-0.2, 0) is 11.3 Å². The number of nitrogens with zero attached hydrogens (tertiary/aromatic N) is 2. The number of halogens is 1. The van der Waals surface area contributed by atoms with E-state index in [-0.39, 0.29) is 23.0 Å². The molecule has 0 N–H and O–H groups in total. The summed E-state index contributed by atoms with van der Waals surface area (Å²) in [7, 11) is 0. The largest absolute Gasteiger partial charge is 0.343 e. The van der Waals surface area contributed by atoms with Crippen LogP contribution in [-0.4, -0.2) is 26.7 Å². The molecule has 0 aliphatic carbocycles. The molecule has 6 heteroatoms. The molecule has 28 heavy (non-hydrogen) atoms. The Kier molecular flexibility index (Phi) is 4.81. The van der Waals surface area contributed by atoms with Crippen molar-refractivity contribution in [3.8, 4) is 0 Å². The van der Waals surface area contributed by atoms with E-state index in [1.807, 2.05) is 50.4 Å². The minimum Gasteiger partial charge on any atom is -0.343 e. The summed E-state index contributed by atoms with van der Waals surface area (Å²) < 4.78 is 15.5. The third-order valence-corrected chi connectivity index (χ3v) is 5.56. The molecule has 1 fully saturated rings. The van der Waals surface area contributed by atoms with E-state index in [0.29, 0.717) is 11.4 Å². The minimum absolute atomic E-state index is 0.155. The molecular formula is C22H19FN2O2S. The second kappa shape index (κ2) is 7.28. The number of carbonyl (C=O) groups is 2. The Hall–Kier alpha value is -2.86. The standard InChI is InChI=1S/C22H19FN2O2S/c1-14(2)25-21(26)20(28-22(25)27)12-15-6-7-19-17(10-15)8-9-24(19)13-16-4-3-5-18(23)11-16/h3-12,14H,13H2,1-2H3/b20-12+. The number of amides is 2. The second-order valence-corrected chi connectivity index (χ2v) is 8.03. The smallest absolute Gasteiger partial charge is 0.293 e. The zero-order valence-electron chi connectivity index (χ0n) is 15.6. The summed E-state index contributed by atoms with van der Waals surface area (Å²) in [4.78, 5) is 26.2. The van der Waals surface area contributed by atoms with Gasteiger partial charge in [-0.15, -0.1) is 0 Å². The molecule has 1 aliphatic heterocycles. The van der Waals surface area contributed by atoms with Crippen molar-refractivity contribution in [2.45, 2.75) is 26.4 Å². The molecule has 0 saturated carbocycles. The topological polar surface area (TPSA) is 42.3 Å². The maximum atomic E-state index is 13.4. The van der Waals surface area contributed by atoms with Gasteiger partial charge in [-0.3, -0.25) is 14.5 Å². The van der Waals surface area contributed by atoms with E-state index in [2.05, 4.69) is 4.57 Å². The van der Waals surface area contributed by atoms with Gasteiger partial charge in [-0.05, 0) is 73.1 Å². The van der Waals surface area contributed by atoms with Crippen molar-refractivity contribution in [3.05, 3.63) is 76.6 Å². The number of aromatic nitrogens is 1. The summed E-state index contributed by atoms with van der Waals surface area (Å²) in [6.45, 7) is 4.23. The summed E-state index contributed by atoms with van der Waals surface area (Å²) in [5, 5.41) is 0.793. The van der Waals surface area contributed by atoms with Gasteiger partial charge in [-0.25, -0.2) is 4.39 Å². The maximum absolute atomic E-state index is 13.4. The Morgan fingerprint density at radius 2 is 1.93 bits per heavy atom. The van der Waals surface area contributed by atoms with Crippen LogP contribution in [0, 0.1) is 5.82 Å². The van der Waals surface area contributed by atoms with Crippen molar-refractivity contribution in [1.29, 1.82) is 0 Å². The first-order valence-electron chi connectivity index (χ1n) is 9.03. The highest BCUT2D eigenvalue weighted by molar-refractivity contribution is 8.18. The fourth-order valence-electron chi connectivity index (χ4n) is 3.35. The van der Waals surface area contributed by atoms with Crippen LogP contribution in [0.2, 0.25) is 0 Å². The van der Waals surface area contributed by atoms with Crippen LogP contribution < -0.4 is 0 Å². The summed E-state index contributed by atoms with van der Waals surface area (Å²) in [6, 6.07) is 14.3. The molecule has 0 spiro atoms. The molecule has 142 valence electrons. The van der Waals surface area contributed by atoms with Gasteiger partial charge >= 0.3 is 0 Å². The molecule has 0 bridgehead atoms. The molecule has 4 rings (SSSR count). The lowest BCUT2D eigenvalue weighted by molar-refractivity contribution is -0.123. The zero-order valence-corrected chi connectivity index (χ0v) is 16.4. The zero-order chi connectivity index (χ0) is 19.8. The van der Waals surface area contributed by atoms with Crippen LogP contribution in [0.4, 0.5) is 9.18 Å². The Labute approximate surface area is 166 Å². The number of hydrogen-bond acceptors (Lipinski definition) is 3. The van der Waals surface area contributed by atoms with Crippen LogP contribution in [0.15, 0.2) is 59.6 Å². The summed E-state index contributed by atoms with van der Waals surface area (Å²) >= 11 is 0.977. The lowest BCUT2D eigenvalue weighted by atomic mass is 10.1. The molecule has 0 radical (unpaired) electrons. The molecule has 3 aromatic rings. The number of fused-ring (bicyclic) bond motifs is 1. The fraction of sp³-hybridized carbons (Fsp3) is 0.182. The summed E-state index contributed by atoms with van der Waals surface area (Å²) in [5.41, 5.74) is 2.78. The third kappa shape index (κ3) is 3.47. The highest BCUT2D eigenvalue weighted by Crippen LogP contribution is 2.34. The average molecular weight is 394 g/mol. The molecule has 1 saturated heterocycles. The van der Waals surface area contributed by atoms with Gasteiger partial charge in [0.25, 0.3) is 11.1 Å². The number of benzene rings is 2. The molecule has 1 aliphatic rings. The first-order valence-corrected chi connectivity index (χ1v) is 9.84. The summed E-state index contributed by atoms with van der Waals surface area (Å²) in [6.07, 6.45) is 3.72. The molecular weight excluding hydrogens is 375 g/mol. The number of hydrogen-bond donors (Lipinski definition) is 0. The van der Waals surface area contributed by atoms with Gasteiger partial charge in [0.1, 0.15) is 5.82 Å². The Morgan fingerprint density at radius 1 is 1.11 bits per heavy atom. The Morgan fingerprint density at radius 3 is 2.64 bits per heavy atom. The highest BCUT2D eigenvalue weighted by atomic mass is 32.2. The quantitative estimate of drug-likeness (QED) is 0.566. The normalized spacial score (nSPS) is 16.1. The van der Waals surface area contributed by atoms with Gasteiger partial charge in [0.2, 0.25) is 0 Å².